The zero-order valence-corrected chi connectivity index (χ0v) is 28.1. The number of anilines is 1. The first-order valence-corrected chi connectivity index (χ1v) is 17.3. The summed E-state index contributed by atoms with van der Waals surface area (Å²) in [5.41, 5.74) is 7.89. The molecule has 4 aromatic rings. The average Bonchev–Trinajstić information content (AvgIpc) is 3.55. The van der Waals surface area contributed by atoms with Crippen LogP contribution in [-0.4, -0.2) is 48.6 Å². The topological polar surface area (TPSA) is 165 Å². The smallest absolute Gasteiger partial charge is 0.270 e. The van der Waals surface area contributed by atoms with Crippen LogP contribution in [0.2, 0.25) is 0 Å². The summed E-state index contributed by atoms with van der Waals surface area (Å²) in [6.07, 6.45) is 1.41. The summed E-state index contributed by atoms with van der Waals surface area (Å²) in [5.74, 6) is -0.843. The highest BCUT2D eigenvalue weighted by Gasteiger charge is 2.30. The summed E-state index contributed by atoms with van der Waals surface area (Å²) in [7, 11) is -3.63. The first kappa shape index (κ1) is 35.3. The Morgan fingerprint density at radius 3 is 2.21 bits per heavy atom. The van der Waals surface area contributed by atoms with Gasteiger partial charge in [0.2, 0.25) is 5.91 Å². The van der Waals surface area contributed by atoms with E-state index in [2.05, 4.69) is 43.5 Å². The van der Waals surface area contributed by atoms with Gasteiger partial charge in [-0.2, -0.15) is 4.31 Å². The molecule has 1 aliphatic heterocycles. The lowest BCUT2D eigenvalue weighted by atomic mass is 9.87. The van der Waals surface area contributed by atoms with Crippen molar-refractivity contribution in [2.45, 2.75) is 55.8 Å². The Bertz CT molecular complexity index is 1810. The Morgan fingerprint density at radius 1 is 0.936 bits per heavy atom. The van der Waals surface area contributed by atoms with Crippen molar-refractivity contribution in [3.63, 3.8) is 0 Å². The summed E-state index contributed by atoms with van der Waals surface area (Å²) in [6.45, 7) is 7.51. The molecule has 5 rings (SSSR count). The van der Waals surface area contributed by atoms with E-state index in [4.69, 9.17) is 5.73 Å². The van der Waals surface area contributed by atoms with Crippen LogP contribution in [0.1, 0.15) is 64.8 Å². The summed E-state index contributed by atoms with van der Waals surface area (Å²) in [6, 6.07) is 26.0. The third kappa shape index (κ3) is 9.70. The van der Waals surface area contributed by atoms with Crippen LogP contribution in [0.4, 0.5) is 11.4 Å². The molecule has 1 saturated heterocycles. The van der Waals surface area contributed by atoms with E-state index in [1.165, 1.54) is 34.1 Å². The number of hydrogen-bond acceptors (Lipinski definition) is 8. The normalized spacial score (nSPS) is 14.0. The fourth-order valence-electron chi connectivity index (χ4n) is 4.90. The van der Waals surface area contributed by atoms with Crippen molar-refractivity contribution in [1.82, 2.24) is 9.62 Å². The molecular formula is C34H39N5O6S2. The number of carbonyl (C=O) groups is 2. The number of non-ortho nitro benzene ring substituents is 1. The third-order valence-electron chi connectivity index (χ3n) is 7.59. The zero-order valence-electron chi connectivity index (χ0n) is 26.5. The lowest BCUT2D eigenvalue weighted by molar-refractivity contribution is -0.384. The Hall–Kier alpha value is -4.59. The van der Waals surface area contributed by atoms with Crippen LogP contribution in [0.15, 0.2) is 95.2 Å². The van der Waals surface area contributed by atoms with E-state index in [0.29, 0.717) is 36.4 Å². The van der Waals surface area contributed by atoms with Gasteiger partial charge in [-0.25, -0.2) is 8.42 Å². The number of sulfonamides is 1. The lowest BCUT2D eigenvalue weighted by Gasteiger charge is -2.32. The first-order valence-electron chi connectivity index (χ1n) is 15.1. The number of nitrogens with two attached hydrogens (primary N) is 1. The summed E-state index contributed by atoms with van der Waals surface area (Å²) in [5, 5.41) is 17.2. The van der Waals surface area contributed by atoms with Crippen molar-refractivity contribution in [3.05, 3.63) is 123 Å². The van der Waals surface area contributed by atoms with Crippen LogP contribution in [0.5, 0.6) is 0 Å². The van der Waals surface area contributed by atoms with Crippen molar-refractivity contribution >= 4 is 44.5 Å². The van der Waals surface area contributed by atoms with Gasteiger partial charge in [0, 0.05) is 53.0 Å². The first-order chi connectivity index (χ1) is 22.2. The highest BCUT2D eigenvalue weighted by atomic mass is 32.2. The van der Waals surface area contributed by atoms with Gasteiger partial charge in [0.15, 0.2) is 0 Å². The zero-order chi connectivity index (χ0) is 34.2. The number of nitrogens with one attached hydrogen (secondary N) is 2. The number of hydrogen-bond donors (Lipinski definition) is 3. The number of amides is 2. The fourth-order valence-corrected chi connectivity index (χ4v) is 7.82. The average molecular weight is 678 g/mol. The summed E-state index contributed by atoms with van der Waals surface area (Å²) in [4.78, 5) is 33.9. The molecule has 0 saturated carbocycles. The second kappa shape index (κ2) is 15.3. The molecule has 47 heavy (non-hydrogen) atoms. The molecule has 2 heterocycles. The molecule has 248 valence electrons. The molecule has 13 heteroatoms. The highest BCUT2D eigenvalue weighted by Crippen LogP contribution is 2.29. The number of nitro groups is 1. The van der Waals surface area contributed by atoms with Gasteiger partial charge in [-0.1, -0.05) is 57.2 Å². The molecule has 0 radical (unpaired) electrons. The van der Waals surface area contributed by atoms with Gasteiger partial charge in [0.05, 0.1) is 11.5 Å². The van der Waals surface area contributed by atoms with E-state index in [1.807, 2.05) is 18.2 Å². The number of nitro benzene ring substituents is 1. The fraction of sp³-hybridized carbons (Fsp3) is 0.294. The molecule has 3 aromatic carbocycles. The minimum absolute atomic E-state index is 0.0554. The molecule has 11 nitrogen and oxygen atoms in total. The van der Waals surface area contributed by atoms with E-state index < -0.39 is 20.9 Å². The molecule has 1 aliphatic rings. The number of carbonyl (C=O) groups excluding carboxylic acids is 2. The number of nitrogens with zero attached hydrogens (tertiary/aromatic N) is 2. The molecule has 0 spiro atoms. The number of benzene rings is 3. The van der Waals surface area contributed by atoms with Gasteiger partial charge in [0.1, 0.15) is 4.21 Å². The monoisotopic (exact) mass is 677 g/mol. The van der Waals surface area contributed by atoms with Crippen molar-refractivity contribution in [2.24, 2.45) is 5.73 Å². The number of rotatable bonds is 9. The molecule has 0 unspecified atom stereocenters. The molecule has 2 amide bonds. The van der Waals surface area contributed by atoms with Crippen molar-refractivity contribution in [2.75, 3.05) is 18.4 Å². The Kier molecular flexibility index (Phi) is 11.5. The molecule has 1 aromatic heterocycles. The SMILES string of the molecule is CC(C)(C)c1cccc(NC2CCN(S(=O)(=O)c3ccc(CNC(=O)c4cccc([N+](=O)[O-])c4)s3)CC2)c1.NC(=O)c1ccccc1. The van der Waals surface area contributed by atoms with Gasteiger partial charge >= 0.3 is 0 Å². The van der Waals surface area contributed by atoms with E-state index in [1.54, 1.807) is 36.4 Å². The van der Waals surface area contributed by atoms with Crippen LogP contribution in [0.25, 0.3) is 0 Å². The summed E-state index contributed by atoms with van der Waals surface area (Å²) < 4.78 is 28.3. The van der Waals surface area contributed by atoms with Crippen LogP contribution in [0.3, 0.4) is 0 Å². The number of thiophene rings is 1. The second-order valence-corrected chi connectivity index (χ2v) is 15.4. The summed E-state index contributed by atoms with van der Waals surface area (Å²) >= 11 is 1.12. The molecule has 1 fully saturated rings. The molecule has 0 atom stereocenters. The maximum absolute atomic E-state index is 13.2. The van der Waals surface area contributed by atoms with Gasteiger partial charge < -0.3 is 16.4 Å². The van der Waals surface area contributed by atoms with Crippen molar-refractivity contribution in [3.8, 4) is 0 Å². The molecular weight excluding hydrogens is 639 g/mol. The number of primary amides is 1. The maximum Gasteiger partial charge on any atom is 0.270 e. The second-order valence-electron chi connectivity index (χ2n) is 12.1. The predicted molar refractivity (Wildman–Crippen MR) is 184 cm³/mol. The van der Waals surface area contributed by atoms with E-state index in [0.717, 1.165) is 17.0 Å². The molecule has 4 N–H and O–H groups in total. The largest absolute Gasteiger partial charge is 0.382 e. The van der Waals surface area contributed by atoms with Crippen LogP contribution in [0, 0.1) is 10.1 Å². The number of piperidine rings is 1. The van der Waals surface area contributed by atoms with E-state index >= 15 is 0 Å². The predicted octanol–water partition coefficient (Wildman–Crippen LogP) is 5.93. The lowest BCUT2D eigenvalue weighted by Crippen LogP contribution is -2.42. The minimum Gasteiger partial charge on any atom is -0.382 e. The molecule has 0 bridgehead atoms. The van der Waals surface area contributed by atoms with Crippen molar-refractivity contribution in [1.29, 1.82) is 0 Å². The standard InChI is InChI=1S/C27H32N4O5S2.C7H7NO/c1-27(2,3)20-7-5-8-22(17-20)29-21-12-14-30(15-13-21)38(35,36)25-11-10-24(37-25)18-28-26(32)19-6-4-9-23(16-19)31(33)34;8-7(9)6-4-2-1-3-5-6/h4-11,16-17,21,29H,12-15,18H2,1-3H3,(H,28,32);1-5H,(H2,8,9). The van der Waals surface area contributed by atoms with Gasteiger partial charge in [-0.05, 0) is 66.3 Å². The van der Waals surface area contributed by atoms with E-state index in [9.17, 15) is 28.1 Å². The van der Waals surface area contributed by atoms with Crippen LogP contribution < -0.4 is 16.4 Å². The van der Waals surface area contributed by atoms with Gasteiger partial charge in [0.25, 0.3) is 21.6 Å². The quantitative estimate of drug-likeness (QED) is 0.146. The third-order valence-corrected chi connectivity index (χ3v) is 11.0. The highest BCUT2D eigenvalue weighted by molar-refractivity contribution is 7.91. The van der Waals surface area contributed by atoms with Gasteiger partial charge in [-0.3, -0.25) is 19.7 Å². The maximum atomic E-state index is 13.2. The Labute approximate surface area is 279 Å². The van der Waals surface area contributed by atoms with E-state index in [-0.39, 0.29) is 39.4 Å². The Morgan fingerprint density at radius 2 is 1.60 bits per heavy atom. The van der Waals surface area contributed by atoms with Crippen molar-refractivity contribution < 1.29 is 22.9 Å². The molecule has 0 aliphatic carbocycles. The van der Waals surface area contributed by atoms with Crippen LogP contribution in [-0.2, 0) is 22.0 Å². The van der Waals surface area contributed by atoms with Crippen LogP contribution >= 0.6 is 11.3 Å². The Balaban J connectivity index is 0.000000479. The van der Waals surface area contributed by atoms with Gasteiger partial charge in [-0.15, -0.1) is 11.3 Å². The minimum atomic E-state index is -3.63.